The van der Waals surface area contributed by atoms with E-state index in [4.69, 9.17) is 4.74 Å². The normalized spacial score (nSPS) is 14.8. The number of nitrogens with zero attached hydrogens (tertiary/aromatic N) is 2. The minimum Gasteiger partial charge on any atom is -0.478 e. The number of amides is 1. The lowest BCUT2D eigenvalue weighted by Crippen LogP contribution is -2.39. The number of nitrogens with one attached hydrogen (secondary N) is 1. The molecule has 2 aromatic rings. The van der Waals surface area contributed by atoms with Gasteiger partial charge in [0, 0.05) is 25.1 Å². The van der Waals surface area contributed by atoms with Gasteiger partial charge in [0.15, 0.2) is 17.7 Å². The summed E-state index contributed by atoms with van der Waals surface area (Å²) in [6.45, 7) is 2.11. The lowest BCUT2D eigenvalue weighted by Gasteiger charge is -2.15. The Labute approximate surface area is 144 Å². The molecule has 1 aromatic carbocycles. The van der Waals surface area contributed by atoms with Crippen LogP contribution in [0, 0.1) is 5.82 Å². The van der Waals surface area contributed by atoms with Gasteiger partial charge in [-0.25, -0.2) is 9.37 Å². The van der Waals surface area contributed by atoms with E-state index in [-0.39, 0.29) is 23.8 Å². The Kier molecular flexibility index (Phi) is 5.11. The van der Waals surface area contributed by atoms with Gasteiger partial charge in [0.1, 0.15) is 0 Å². The molecule has 0 spiro atoms. The first-order valence-electron chi connectivity index (χ1n) is 8.30. The molecule has 7 heteroatoms. The van der Waals surface area contributed by atoms with Crippen molar-refractivity contribution in [3.63, 3.8) is 0 Å². The Bertz CT molecular complexity index is 817. The van der Waals surface area contributed by atoms with Crippen molar-refractivity contribution >= 4 is 5.91 Å². The molecule has 0 saturated heterocycles. The molecule has 0 radical (unpaired) electrons. The van der Waals surface area contributed by atoms with Crippen LogP contribution in [0.15, 0.2) is 41.5 Å². The summed E-state index contributed by atoms with van der Waals surface area (Å²) in [5.74, 6) is -0.436. The molecule has 1 aromatic heterocycles. The van der Waals surface area contributed by atoms with Crippen molar-refractivity contribution in [1.29, 1.82) is 0 Å². The molecule has 0 aliphatic heterocycles. The van der Waals surface area contributed by atoms with E-state index in [0.717, 1.165) is 18.5 Å². The maximum Gasteiger partial charge on any atom is 0.260 e. The Balaban J connectivity index is 1.49. The van der Waals surface area contributed by atoms with E-state index in [2.05, 4.69) is 10.3 Å². The van der Waals surface area contributed by atoms with Crippen molar-refractivity contribution in [2.75, 3.05) is 6.54 Å². The van der Waals surface area contributed by atoms with E-state index in [1.165, 1.54) is 23.0 Å². The molecule has 1 N–H and O–H groups in total. The Morgan fingerprint density at radius 1 is 1.44 bits per heavy atom. The predicted octanol–water partition coefficient (Wildman–Crippen LogP) is 1.84. The molecular weight excluding hydrogens is 325 g/mol. The van der Waals surface area contributed by atoms with Gasteiger partial charge in [-0.1, -0.05) is 12.1 Å². The first kappa shape index (κ1) is 17.1. The van der Waals surface area contributed by atoms with E-state index >= 15 is 0 Å². The van der Waals surface area contributed by atoms with Crippen LogP contribution in [0.1, 0.15) is 31.4 Å². The van der Waals surface area contributed by atoms with Gasteiger partial charge in [-0.3, -0.25) is 14.2 Å². The van der Waals surface area contributed by atoms with E-state index in [9.17, 15) is 14.0 Å². The zero-order valence-electron chi connectivity index (χ0n) is 13.9. The molecule has 1 aliphatic carbocycles. The highest BCUT2D eigenvalue weighted by atomic mass is 19.1. The van der Waals surface area contributed by atoms with Crippen molar-refractivity contribution in [3.05, 3.63) is 58.5 Å². The Hall–Kier alpha value is -2.70. The SMILES string of the molecule is CC(Oc1ccccc1F)C(=O)NCCn1cnc(C2CC2)cc1=O. The number of rotatable bonds is 7. The quantitative estimate of drug-likeness (QED) is 0.831. The monoisotopic (exact) mass is 345 g/mol. The van der Waals surface area contributed by atoms with Crippen molar-refractivity contribution in [2.24, 2.45) is 0 Å². The van der Waals surface area contributed by atoms with Crippen LogP contribution in [0.3, 0.4) is 0 Å². The molecule has 1 heterocycles. The molecule has 1 amide bonds. The summed E-state index contributed by atoms with van der Waals surface area (Å²) in [6.07, 6.45) is 2.85. The third-order valence-electron chi connectivity index (χ3n) is 4.06. The van der Waals surface area contributed by atoms with Crippen LogP contribution < -0.4 is 15.6 Å². The van der Waals surface area contributed by atoms with E-state index in [1.807, 2.05) is 0 Å². The number of benzene rings is 1. The molecular formula is C18H20FN3O3. The zero-order valence-corrected chi connectivity index (χ0v) is 13.9. The molecule has 1 unspecified atom stereocenters. The van der Waals surface area contributed by atoms with Crippen molar-refractivity contribution < 1.29 is 13.9 Å². The second-order valence-corrected chi connectivity index (χ2v) is 6.10. The van der Waals surface area contributed by atoms with Gasteiger partial charge in [0.25, 0.3) is 11.5 Å². The Morgan fingerprint density at radius 2 is 2.20 bits per heavy atom. The predicted molar refractivity (Wildman–Crippen MR) is 90.0 cm³/mol. The van der Waals surface area contributed by atoms with Crippen LogP contribution in [-0.4, -0.2) is 28.1 Å². The number of carbonyl (C=O) groups is 1. The average Bonchev–Trinajstić information content (AvgIpc) is 3.43. The van der Waals surface area contributed by atoms with Gasteiger partial charge >= 0.3 is 0 Å². The summed E-state index contributed by atoms with van der Waals surface area (Å²) in [7, 11) is 0. The fraction of sp³-hybridized carbons (Fsp3) is 0.389. The molecule has 0 bridgehead atoms. The zero-order chi connectivity index (χ0) is 17.8. The van der Waals surface area contributed by atoms with Crippen LogP contribution in [-0.2, 0) is 11.3 Å². The van der Waals surface area contributed by atoms with E-state index in [0.29, 0.717) is 12.5 Å². The summed E-state index contributed by atoms with van der Waals surface area (Å²) in [5.41, 5.74) is 0.721. The summed E-state index contributed by atoms with van der Waals surface area (Å²) < 4.78 is 20.3. The first-order chi connectivity index (χ1) is 12.0. The Morgan fingerprint density at radius 3 is 2.88 bits per heavy atom. The van der Waals surface area contributed by atoms with Crippen LogP contribution in [0.25, 0.3) is 0 Å². The standard InChI is InChI=1S/C18H20FN3O3/c1-12(25-16-5-3-2-4-14(16)19)18(24)20-8-9-22-11-21-15(10-17(22)23)13-6-7-13/h2-5,10-13H,6-9H2,1H3,(H,20,24). The second kappa shape index (κ2) is 7.46. The maximum atomic E-state index is 13.5. The third kappa shape index (κ3) is 4.43. The number of hydrogen-bond acceptors (Lipinski definition) is 4. The summed E-state index contributed by atoms with van der Waals surface area (Å²) >= 11 is 0. The smallest absolute Gasteiger partial charge is 0.260 e. The maximum absolute atomic E-state index is 13.5. The molecule has 1 saturated carbocycles. The lowest BCUT2D eigenvalue weighted by atomic mass is 10.3. The molecule has 3 rings (SSSR count). The molecule has 6 nitrogen and oxygen atoms in total. The number of ether oxygens (including phenoxy) is 1. The van der Waals surface area contributed by atoms with Gasteiger partial charge in [0.05, 0.1) is 12.0 Å². The average molecular weight is 345 g/mol. The van der Waals surface area contributed by atoms with Crippen molar-refractivity contribution in [2.45, 2.75) is 38.3 Å². The highest BCUT2D eigenvalue weighted by molar-refractivity contribution is 5.80. The highest BCUT2D eigenvalue weighted by Gasteiger charge is 2.25. The number of aromatic nitrogens is 2. The number of para-hydroxylation sites is 1. The third-order valence-corrected chi connectivity index (χ3v) is 4.06. The molecule has 1 atom stereocenters. The topological polar surface area (TPSA) is 73.2 Å². The van der Waals surface area contributed by atoms with Gasteiger partial charge in [-0.2, -0.15) is 0 Å². The fourth-order valence-electron chi connectivity index (χ4n) is 2.44. The minimum absolute atomic E-state index is 0.0289. The summed E-state index contributed by atoms with van der Waals surface area (Å²) in [5, 5.41) is 2.67. The van der Waals surface area contributed by atoms with E-state index < -0.39 is 11.9 Å². The van der Waals surface area contributed by atoms with Crippen LogP contribution in [0.4, 0.5) is 4.39 Å². The van der Waals surface area contributed by atoms with Crippen LogP contribution in [0.2, 0.25) is 0 Å². The van der Waals surface area contributed by atoms with Gasteiger partial charge in [-0.15, -0.1) is 0 Å². The van der Waals surface area contributed by atoms with Gasteiger partial charge in [0.2, 0.25) is 0 Å². The van der Waals surface area contributed by atoms with Crippen LogP contribution >= 0.6 is 0 Å². The van der Waals surface area contributed by atoms with Gasteiger partial charge in [-0.05, 0) is 31.9 Å². The number of halogens is 1. The van der Waals surface area contributed by atoms with E-state index in [1.54, 1.807) is 25.1 Å². The lowest BCUT2D eigenvalue weighted by molar-refractivity contribution is -0.127. The number of hydrogen-bond donors (Lipinski definition) is 1. The van der Waals surface area contributed by atoms with Crippen molar-refractivity contribution in [3.8, 4) is 5.75 Å². The van der Waals surface area contributed by atoms with Gasteiger partial charge < -0.3 is 10.1 Å². The minimum atomic E-state index is -0.844. The molecule has 1 aliphatic rings. The number of carbonyl (C=O) groups excluding carboxylic acids is 1. The summed E-state index contributed by atoms with van der Waals surface area (Å²) in [6, 6.07) is 7.47. The fourth-order valence-corrected chi connectivity index (χ4v) is 2.44. The second-order valence-electron chi connectivity index (χ2n) is 6.10. The molecule has 25 heavy (non-hydrogen) atoms. The highest BCUT2D eigenvalue weighted by Crippen LogP contribution is 2.38. The summed E-state index contributed by atoms with van der Waals surface area (Å²) in [4.78, 5) is 28.3. The van der Waals surface area contributed by atoms with Crippen molar-refractivity contribution in [1.82, 2.24) is 14.9 Å². The molecule has 132 valence electrons. The van der Waals surface area contributed by atoms with Crippen LogP contribution in [0.5, 0.6) is 5.75 Å². The first-order valence-corrected chi connectivity index (χ1v) is 8.30. The molecule has 1 fully saturated rings. The largest absolute Gasteiger partial charge is 0.478 e.